The molecule has 1 saturated heterocycles. The van der Waals surface area contributed by atoms with Crippen LogP contribution in [0, 0.1) is 5.82 Å². The number of nitrogens with one attached hydrogen (secondary N) is 1. The molecule has 0 aliphatic carbocycles. The largest absolute Gasteiger partial charge is 0.471 e. The third-order valence-corrected chi connectivity index (χ3v) is 3.65. The molecule has 0 saturated carbocycles. The van der Waals surface area contributed by atoms with E-state index in [-0.39, 0.29) is 17.6 Å². The Labute approximate surface area is 143 Å². The maximum Gasteiger partial charge on any atom is 0.414 e. The fourth-order valence-corrected chi connectivity index (χ4v) is 2.46. The fourth-order valence-electron chi connectivity index (χ4n) is 2.37. The van der Waals surface area contributed by atoms with Crippen molar-refractivity contribution in [2.75, 3.05) is 31.2 Å². The summed E-state index contributed by atoms with van der Waals surface area (Å²) in [6.07, 6.45) is -0.872. The van der Waals surface area contributed by atoms with Crippen LogP contribution in [-0.2, 0) is 14.3 Å². The second-order valence-corrected chi connectivity index (χ2v) is 5.91. The molecule has 128 valence electrons. The maximum absolute atomic E-state index is 14.3. The first-order chi connectivity index (χ1) is 11.5. The number of amides is 1. The average molecular weight is 353 g/mol. The van der Waals surface area contributed by atoms with Crippen LogP contribution in [0.1, 0.15) is 12.5 Å². The summed E-state index contributed by atoms with van der Waals surface area (Å²) in [4.78, 5) is 18.9. The number of oxime groups is 1. The first-order valence-electron chi connectivity index (χ1n) is 7.40. The highest BCUT2D eigenvalue weighted by Crippen LogP contribution is 2.24. The number of nitrogens with zero attached hydrogens (tertiary/aromatic N) is 2. The lowest BCUT2D eigenvalue weighted by Gasteiger charge is -2.16. The van der Waals surface area contributed by atoms with Crippen LogP contribution in [0.5, 0.6) is 0 Å². The third-order valence-electron chi connectivity index (χ3n) is 3.51. The van der Waals surface area contributed by atoms with Gasteiger partial charge in [-0.15, -0.1) is 0 Å². The fraction of sp³-hybridized carbons (Fsp3) is 0.400. The lowest BCUT2D eigenvalue weighted by Crippen LogP contribution is -2.32. The number of hydrogen-bond donors (Lipinski definition) is 1. The van der Waals surface area contributed by atoms with Crippen molar-refractivity contribution in [3.63, 3.8) is 0 Å². The van der Waals surface area contributed by atoms with Gasteiger partial charge in [0.05, 0.1) is 29.3 Å². The van der Waals surface area contributed by atoms with Gasteiger partial charge in [0.25, 0.3) is 5.90 Å². The lowest BCUT2D eigenvalue weighted by molar-refractivity contribution is 0.0653. The predicted molar refractivity (Wildman–Crippen MR) is 88.7 cm³/mol. The Morgan fingerprint density at radius 2 is 2.33 bits per heavy atom. The minimum atomic E-state index is -0.555. The number of halogens is 1. The Hall–Kier alpha value is -2.42. The molecule has 2 aliphatic rings. The molecule has 2 heterocycles. The minimum Gasteiger partial charge on any atom is -0.471 e. The van der Waals surface area contributed by atoms with E-state index in [2.05, 4.69) is 10.5 Å². The molecule has 0 unspecified atom stereocenters. The van der Waals surface area contributed by atoms with E-state index in [1.54, 1.807) is 13.0 Å². The van der Waals surface area contributed by atoms with Crippen molar-refractivity contribution in [3.8, 4) is 0 Å². The van der Waals surface area contributed by atoms with Crippen molar-refractivity contribution in [1.29, 1.82) is 0 Å². The van der Waals surface area contributed by atoms with Crippen molar-refractivity contribution >= 4 is 34.9 Å². The van der Waals surface area contributed by atoms with Crippen molar-refractivity contribution in [1.82, 2.24) is 5.32 Å². The average Bonchev–Trinajstić information content (AvgIpc) is 2.94. The molecule has 0 bridgehead atoms. The molecule has 1 N–H and O–H groups in total. The number of hydrogen-bond acceptors (Lipinski definition) is 6. The molecule has 0 radical (unpaired) electrons. The summed E-state index contributed by atoms with van der Waals surface area (Å²) in [5.41, 5.74) is 0.584. The molecule has 24 heavy (non-hydrogen) atoms. The van der Waals surface area contributed by atoms with E-state index in [1.807, 2.05) is 0 Å². The van der Waals surface area contributed by atoms with Crippen LogP contribution in [0.4, 0.5) is 14.9 Å². The number of ether oxygens (including phenoxy) is 2. The second-order valence-electron chi connectivity index (χ2n) is 5.30. The van der Waals surface area contributed by atoms with Crippen LogP contribution in [0.3, 0.4) is 0 Å². The number of anilines is 1. The predicted octanol–water partition coefficient (Wildman–Crippen LogP) is 1.80. The van der Waals surface area contributed by atoms with Crippen molar-refractivity contribution in [2.45, 2.75) is 13.0 Å². The molecule has 9 heteroatoms. The number of thiocarbonyl (C=S) groups is 1. The highest BCUT2D eigenvalue weighted by Gasteiger charge is 2.32. The van der Waals surface area contributed by atoms with Crippen molar-refractivity contribution in [3.05, 3.63) is 29.6 Å². The normalized spacial score (nSPS) is 19.9. The molecule has 2 aliphatic heterocycles. The van der Waals surface area contributed by atoms with E-state index in [0.717, 1.165) is 0 Å². The molecular formula is C15H16FN3O4S. The van der Waals surface area contributed by atoms with Crippen LogP contribution in [0.25, 0.3) is 0 Å². The first-order valence-corrected chi connectivity index (χ1v) is 7.80. The molecule has 1 aromatic carbocycles. The molecule has 1 atom stereocenters. The van der Waals surface area contributed by atoms with Gasteiger partial charge in [0, 0.05) is 0 Å². The zero-order chi connectivity index (χ0) is 17.1. The summed E-state index contributed by atoms with van der Waals surface area (Å²) in [6.45, 7) is 3.12. The zero-order valence-electron chi connectivity index (χ0n) is 13.0. The molecule has 1 aromatic rings. The summed E-state index contributed by atoms with van der Waals surface area (Å²) in [5, 5.41) is 6.64. The van der Waals surface area contributed by atoms with Gasteiger partial charge in [0.1, 0.15) is 18.5 Å². The summed E-state index contributed by atoms with van der Waals surface area (Å²) < 4.78 is 24.8. The van der Waals surface area contributed by atoms with E-state index >= 15 is 0 Å². The molecule has 1 amide bonds. The Kier molecular flexibility index (Phi) is 4.79. The van der Waals surface area contributed by atoms with E-state index in [0.29, 0.717) is 37.0 Å². The Morgan fingerprint density at radius 3 is 3.00 bits per heavy atom. The SMILES string of the molecule is CC(=S)NC[C@H]1CN(c2ccc(C3=NOCCO3)c(F)c2)C(=O)O1. The number of carbonyl (C=O) groups excluding carboxylic acids is 1. The molecule has 0 aromatic heterocycles. The van der Waals surface area contributed by atoms with Gasteiger partial charge in [-0.3, -0.25) is 4.90 Å². The summed E-state index contributed by atoms with van der Waals surface area (Å²) in [7, 11) is 0. The highest BCUT2D eigenvalue weighted by atomic mass is 32.1. The smallest absolute Gasteiger partial charge is 0.414 e. The van der Waals surface area contributed by atoms with E-state index in [1.165, 1.54) is 17.0 Å². The second kappa shape index (κ2) is 7.00. The first kappa shape index (κ1) is 16.4. The Balaban J connectivity index is 1.73. The third kappa shape index (κ3) is 3.56. The van der Waals surface area contributed by atoms with Gasteiger partial charge in [-0.2, -0.15) is 0 Å². The molecule has 1 fully saturated rings. The standard InChI is InChI=1S/C15H16FN3O4S/c1-9(24)17-7-11-8-19(15(20)23-11)10-2-3-12(13(16)6-10)14-18-22-5-4-21-14/h2-3,6,11H,4-5,7-8H2,1H3,(H,17,24)/t11-/m0/s1. The highest BCUT2D eigenvalue weighted by molar-refractivity contribution is 7.80. The van der Waals surface area contributed by atoms with Gasteiger partial charge in [0.2, 0.25) is 0 Å². The van der Waals surface area contributed by atoms with Gasteiger partial charge in [0.15, 0.2) is 6.61 Å². The molecule has 0 spiro atoms. The van der Waals surface area contributed by atoms with Gasteiger partial charge in [-0.05, 0) is 30.3 Å². The van der Waals surface area contributed by atoms with Crippen molar-refractivity contribution in [2.24, 2.45) is 5.16 Å². The Morgan fingerprint density at radius 1 is 1.50 bits per heavy atom. The van der Waals surface area contributed by atoms with Crippen LogP contribution >= 0.6 is 12.2 Å². The summed E-state index contributed by atoms with van der Waals surface area (Å²) in [6, 6.07) is 4.36. The minimum absolute atomic E-state index is 0.0906. The van der Waals surface area contributed by atoms with Gasteiger partial charge < -0.3 is 19.6 Å². The number of cyclic esters (lactones) is 1. The van der Waals surface area contributed by atoms with Crippen LogP contribution in [0.15, 0.2) is 23.4 Å². The van der Waals surface area contributed by atoms with Crippen LogP contribution in [0.2, 0.25) is 0 Å². The summed E-state index contributed by atoms with van der Waals surface area (Å²) >= 11 is 4.93. The number of benzene rings is 1. The molecule has 7 nitrogen and oxygen atoms in total. The quantitative estimate of drug-likeness (QED) is 0.832. The Bertz CT molecular complexity index is 697. The van der Waals surface area contributed by atoms with E-state index < -0.39 is 11.9 Å². The van der Waals surface area contributed by atoms with Crippen LogP contribution < -0.4 is 10.2 Å². The lowest BCUT2D eigenvalue weighted by atomic mass is 10.1. The van der Waals surface area contributed by atoms with E-state index in [4.69, 9.17) is 26.5 Å². The van der Waals surface area contributed by atoms with E-state index in [9.17, 15) is 9.18 Å². The van der Waals surface area contributed by atoms with Gasteiger partial charge in [-0.25, -0.2) is 9.18 Å². The van der Waals surface area contributed by atoms with Crippen molar-refractivity contribution < 1.29 is 23.5 Å². The van der Waals surface area contributed by atoms with Gasteiger partial charge >= 0.3 is 6.09 Å². The molecular weight excluding hydrogens is 337 g/mol. The number of rotatable bonds is 4. The zero-order valence-corrected chi connectivity index (χ0v) is 13.8. The number of carbonyl (C=O) groups is 1. The topological polar surface area (TPSA) is 72.4 Å². The monoisotopic (exact) mass is 353 g/mol. The van der Waals surface area contributed by atoms with Crippen LogP contribution in [-0.4, -0.2) is 49.4 Å². The van der Waals surface area contributed by atoms with Gasteiger partial charge in [-0.1, -0.05) is 12.2 Å². The molecule has 3 rings (SSSR count). The maximum atomic E-state index is 14.3. The summed E-state index contributed by atoms with van der Waals surface area (Å²) in [5.74, 6) is -0.464.